The highest BCUT2D eigenvalue weighted by molar-refractivity contribution is 5.76. The normalized spacial score (nSPS) is 12.9. The maximum Gasteiger partial charge on any atom is 0.220 e. The Balaban J connectivity index is 1.90. The molecule has 1 atom stereocenters. The zero-order valence-corrected chi connectivity index (χ0v) is 13.1. The van der Waals surface area contributed by atoms with Crippen LogP contribution in [0, 0.1) is 0 Å². The molecule has 1 amide bonds. The van der Waals surface area contributed by atoms with Gasteiger partial charge in [0.1, 0.15) is 11.8 Å². The third-order valence-corrected chi connectivity index (χ3v) is 3.94. The number of aliphatic hydroxyl groups excluding tert-OH is 1. The quantitative estimate of drug-likeness (QED) is 0.825. The first-order valence-corrected chi connectivity index (χ1v) is 7.52. The molecular formula is C18H23NO3. The fraction of sp³-hybridized carbons (Fsp3) is 0.389. The molecule has 1 aromatic carbocycles. The van der Waals surface area contributed by atoms with Gasteiger partial charge in [-0.3, -0.25) is 4.79 Å². The van der Waals surface area contributed by atoms with Gasteiger partial charge in [-0.15, -0.1) is 0 Å². The summed E-state index contributed by atoms with van der Waals surface area (Å²) in [7, 11) is 0. The Morgan fingerprint density at radius 2 is 1.95 bits per heavy atom. The van der Waals surface area contributed by atoms with Crippen LogP contribution in [0.1, 0.15) is 44.1 Å². The van der Waals surface area contributed by atoms with E-state index in [0.717, 1.165) is 6.42 Å². The van der Waals surface area contributed by atoms with Crippen molar-refractivity contribution in [2.24, 2.45) is 0 Å². The molecule has 2 rings (SSSR count). The Morgan fingerprint density at radius 3 is 2.55 bits per heavy atom. The van der Waals surface area contributed by atoms with Crippen LogP contribution >= 0.6 is 0 Å². The minimum Gasteiger partial charge on any atom is -0.467 e. The van der Waals surface area contributed by atoms with Crippen LogP contribution in [0.3, 0.4) is 0 Å². The lowest BCUT2D eigenvalue weighted by molar-refractivity contribution is -0.122. The van der Waals surface area contributed by atoms with Gasteiger partial charge in [0.25, 0.3) is 0 Å². The van der Waals surface area contributed by atoms with Crippen molar-refractivity contribution in [3.8, 4) is 0 Å². The number of aliphatic hydroxyl groups is 1. The van der Waals surface area contributed by atoms with Crippen molar-refractivity contribution < 1.29 is 14.3 Å². The summed E-state index contributed by atoms with van der Waals surface area (Å²) in [5, 5.41) is 12.2. The highest BCUT2D eigenvalue weighted by atomic mass is 16.3. The van der Waals surface area contributed by atoms with Crippen LogP contribution in [-0.2, 0) is 10.2 Å². The monoisotopic (exact) mass is 301 g/mol. The highest BCUT2D eigenvalue weighted by Gasteiger charge is 2.23. The van der Waals surface area contributed by atoms with Gasteiger partial charge in [-0.25, -0.2) is 0 Å². The van der Waals surface area contributed by atoms with Gasteiger partial charge in [0.15, 0.2) is 0 Å². The van der Waals surface area contributed by atoms with Crippen LogP contribution in [0.15, 0.2) is 53.1 Å². The minimum atomic E-state index is -0.484. The summed E-state index contributed by atoms with van der Waals surface area (Å²) < 4.78 is 5.23. The van der Waals surface area contributed by atoms with Crippen molar-refractivity contribution in [3.05, 3.63) is 60.1 Å². The topological polar surface area (TPSA) is 62.5 Å². The van der Waals surface area contributed by atoms with E-state index in [-0.39, 0.29) is 17.9 Å². The summed E-state index contributed by atoms with van der Waals surface area (Å²) in [6.07, 6.45) is 2.67. The molecule has 0 aliphatic rings. The van der Waals surface area contributed by atoms with Crippen molar-refractivity contribution in [2.75, 3.05) is 6.61 Å². The molecule has 1 aromatic heterocycles. The average molecular weight is 301 g/mol. The van der Waals surface area contributed by atoms with Crippen LogP contribution in [0.4, 0.5) is 0 Å². The van der Waals surface area contributed by atoms with Crippen molar-refractivity contribution >= 4 is 5.91 Å². The second-order valence-electron chi connectivity index (χ2n) is 6.07. The summed E-state index contributed by atoms with van der Waals surface area (Å²) in [4.78, 5) is 12.1. The van der Waals surface area contributed by atoms with E-state index in [9.17, 15) is 9.90 Å². The first-order valence-electron chi connectivity index (χ1n) is 7.52. The minimum absolute atomic E-state index is 0.0714. The molecule has 2 aromatic rings. The van der Waals surface area contributed by atoms with Gasteiger partial charge in [-0.1, -0.05) is 44.2 Å². The third-order valence-electron chi connectivity index (χ3n) is 3.94. The van der Waals surface area contributed by atoms with E-state index in [0.29, 0.717) is 12.2 Å². The van der Waals surface area contributed by atoms with Gasteiger partial charge in [0, 0.05) is 6.42 Å². The van der Waals surface area contributed by atoms with Crippen LogP contribution in [0.5, 0.6) is 0 Å². The molecule has 1 unspecified atom stereocenters. The van der Waals surface area contributed by atoms with Crippen molar-refractivity contribution in [1.82, 2.24) is 5.32 Å². The second-order valence-corrected chi connectivity index (χ2v) is 6.07. The lowest BCUT2D eigenvalue weighted by Gasteiger charge is -2.25. The number of amides is 1. The van der Waals surface area contributed by atoms with Gasteiger partial charge in [0.05, 0.1) is 12.9 Å². The van der Waals surface area contributed by atoms with Gasteiger partial charge < -0.3 is 14.8 Å². The largest absolute Gasteiger partial charge is 0.467 e. The zero-order valence-electron chi connectivity index (χ0n) is 13.1. The summed E-state index contributed by atoms with van der Waals surface area (Å²) in [5.74, 6) is 0.484. The fourth-order valence-corrected chi connectivity index (χ4v) is 2.42. The SMILES string of the molecule is CC(C)(CCC(=O)NC(CO)c1ccco1)c1ccccc1. The van der Waals surface area contributed by atoms with Gasteiger partial charge in [0.2, 0.25) is 5.91 Å². The lowest BCUT2D eigenvalue weighted by atomic mass is 9.80. The summed E-state index contributed by atoms with van der Waals surface area (Å²) in [5.41, 5.74) is 1.14. The number of furan rings is 1. The van der Waals surface area contributed by atoms with Gasteiger partial charge >= 0.3 is 0 Å². The zero-order chi connectivity index (χ0) is 16.0. The maximum absolute atomic E-state index is 12.1. The number of hydrogen-bond acceptors (Lipinski definition) is 3. The summed E-state index contributed by atoms with van der Waals surface area (Å²) in [6, 6.07) is 13.2. The highest BCUT2D eigenvalue weighted by Crippen LogP contribution is 2.28. The summed E-state index contributed by atoms with van der Waals surface area (Å²) >= 11 is 0. The molecule has 0 saturated carbocycles. The summed E-state index contributed by atoms with van der Waals surface area (Å²) in [6.45, 7) is 4.08. The molecule has 4 heteroatoms. The number of benzene rings is 1. The standard InChI is InChI=1S/C18H23NO3/c1-18(2,14-7-4-3-5-8-14)11-10-17(21)19-15(13-20)16-9-6-12-22-16/h3-9,12,15,20H,10-11,13H2,1-2H3,(H,19,21). The Labute approximate surface area is 131 Å². The molecule has 1 heterocycles. The van der Waals surface area contributed by atoms with E-state index in [4.69, 9.17) is 4.42 Å². The molecule has 4 nitrogen and oxygen atoms in total. The molecule has 22 heavy (non-hydrogen) atoms. The number of carbonyl (C=O) groups is 1. The molecule has 0 radical (unpaired) electrons. The predicted octanol–water partition coefficient (Wildman–Crippen LogP) is 3.19. The van der Waals surface area contributed by atoms with Crippen molar-refractivity contribution in [1.29, 1.82) is 0 Å². The van der Waals surface area contributed by atoms with Crippen LogP contribution in [0.2, 0.25) is 0 Å². The number of nitrogens with one attached hydrogen (secondary N) is 1. The maximum atomic E-state index is 12.1. The van der Waals surface area contributed by atoms with E-state index >= 15 is 0 Å². The van der Waals surface area contributed by atoms with Gasteiger partial charge in [-0.05, 0) is 29.5 Å². The molecule has 0 fully saturated rings. The Kier molecular flexibility index (Phi) is 5.39. The van der Waals surface area contributed by atoms with Crippen LogP contribution in [-0.4, -0.2) is 17.6 Å². The number of carbonyl (C=O) groups excluding carboxylic acids is 1. The van der Waals surface area contributed by atoms with Crippen molar-refractivity contribution in [3.63, 3.8) is 0 Å². The number of hydrogen-bond donors (Lipinski definition) is 2. The van der Waals surface area contributed by atoms with Gasteiger partial charge in [-0.2, -0.15) is 0 Å². The van der Waals surface area contributed by atoms with E-state index in [1.165, 1.54) is 11.8 Å². The van der Waals surface area contributed by atoms with E-state index < -0.39 is 6.04 Å². The first-order chi connectivity index (χ1) is 10.5. The Bertz CT molecular complexity index is 576. The molecular weight excluding hydrogens is 278 g/mol. The Morgan fingerprint density at radius 1 is 1.23 bits per heavy atom. The lowest BCUT2D eigenvalue weighted by Crippen LogP contribution is -2.31. The second kappa shape index (κ2) is 7.27. The number of rotatable bonds is 7. The van der Waals surface area contributed by atoms with Crippen LogP contribution in [0.25, 0.3) is 0 Å². The molecule has 0 aliphatic heterocycles. The van der Waals surface area contributed by atoms with Crippen LogP contribution < -0.4 is 5.32 Å². The predicted molar refractivity (Wildman–Crippen MR) is 85.4 cm³/mol. The molecule has 0 spiro atoms. The molecule has 2 N–H and O–H groups in total. The first kappa shape index (κ1) is 16.3. The smallest absolute Gasteiger partial charge is 0.220 e. The third kappa shape index (κ3) is 4.21. The van der Waals surface area contributed by atoms with E-state index in [2.05, 4.69) is 31.3 Å². The fourth-order valence-electron chi connectivity index (χ4n) is 2.42. The molecule has 0 aliphatic carbocycles. The van der Waals surface area contributed by atoms with Crippen molar-refractivity contribution in [2.45, 2.75) is 38.1 Å². The van der Waals surface area contributed by atoms with E-state index in [1.807, 2.05) is 18.2 Å². The molecule has 0 bridgehead atoms. The molecule has 0 saturated heterocycles. The van der Waals surface area contributed by atoms with E-state index in [1.54, 1.807) is 12.1 Å². The average Bonchev–Trinajstić information content (AvgIpc) is 3.06. The Hall–Kier alpha value is -2.07. The molecule has 118 valence electrons.